The molecule has 51 heavy (non-hydrogen) atoms. The van der Waals surface area contributed by atoms with Gasteiger partial charge < -0.3 is 48.6 Å². The number of carboxylic acid groups (broad SMARTS) is 1. The summed E-state index contributed by atoms with van der Waals surface area (Å²) in [5.41, 5.74) is 0.114. The molecule has 14 nitrogen and oxygen atoms in total. The lowest BCUT2D eigenvalue weighted by atomic mass is 9.87. The molecule has 0 spiro atoms. The van der Waals surface area contributed by atoms with Crippen LogP contribution in [0.2, 0.25) is 0 Å². The zero-order valence-corrected chi connectivity index (χ0v) is 29.5. The molecule has 3 aliphatic rings. The van der Waals surface area contributed by atoms with Crippen molar-refractivity contribution in [3.8, 4) is 11.5 Å². The third-order valence-electron chi connectivity index (χ3n) is 9.70. The number of fused-ring (bicyclic) bond motifs is 2. The highest BCUT2D eigenvalue weighted by Gasteiger charge is 2.47. The van der Waals surface area contributed by atoms with Gasteiger partial charge in [0.25, 0.3) is 5.91 Å². The molecule has 0 radical (unpaired) electrons. The second-order valence-electron chi connectivity index (χ2n) is 13.9. The van der Waals surface area contributed by atoms with Crippen molar-refractivity contribution in [3.63, 3.8) is 0 Å². The Morgan fingerprint density at radius 1 is 1.06 bits per heavy atom. The third kappa shape index (κ3) is 8.50. The normalized spacial score (nSPS) is 21.0. The average Bonchev–Trinajstić information content (AvgIpc) is 3.93. The molecule has 2 saturated heterocycles. The van der Waals surface area contributed by atoms with Crippen LogP contribution in [0, 0.1) is 11.3 Å². The summed E-state index contributed by atoms with van der Waals surface area (Å²) in [7, 11) is -4.28. The quantitative estimate of drug-likeness (QED) is 0.207. The second-order valence-corrected chi connectivity index (χ2v) is 15.8. The summed E-state index contributed by atoms with van der Waals surface area (Å²) >= 11 is 0. The number of ether oxygens (including phenoxy) is 4. The first-order chi connectivity index (χ1) is 24.4. The number of carbonyl (C=O) groups is 2. The van der Waals surface area contributed by atoms with Crippen LogP contribution in [0.1, 0.15) is 49.2 Å². The van der Waals surface area contributed by atoms with Crippen LogP contribution in [-0.4, -0.2) is 98.8 Å². The standard InChI is InChI=1S/C36H45N3O11S/c1-36(2,14-7-15-37-33(41)31-10-6-16-46-31)22-38(51(44,45)25-11-12-30-32(19-25)50-23-49-30)20-29(40)27(18-24-8-4-3-5-9-24)39(35(42)43)28-21-48-34-26(28)13-17-47-34/h3-6,8-12,16,19,26-29,34,40H,7,13-15,17-18,20-23H2,1-2H3,(H,37,41)(H,42,43)/p-1/t26-,27-,28-,29+,34+/m0/s1. The van der Waals surface area contributed by atoms with E-state index in [0.717, 1.165) is 10.5 Å². The molecule has 15 heteroatoms. The van der Waals surface area contributed by atoms with Crippen molar-refractivity contribution in [2.75, 3.05) is 39.6 Å². The number of furan rings is 1. The highest BCUT2D eigenvalue weighted by molar-refractivity contribution is 7.89. The molecule has 276 valence electrons. The van der Waals surface area contributed by atoms with Gasteiger partial charge in [0.1, 0.15) is 6.09 Å². The minimum absolute atomic E-state index is 0.0264. The summed E-state index contributed by atoms with van der Waals surface area (Å²) in [5.74, 6) is 0.285. The van der Waals surface area contributed by atoms with E-state index in [9.17, 15) is 28.2 Å². The molecule has 5 atom stereocenters. The SMILES string of the molecule is CC(C)(CCCNC(=O)c1ccco1)CN(C[C@@H](O)[C@H](Cc1ccccc1)N(C(=O)[O-])[C@H]1CO[C@H]2OCC[C@H]21)S(=O)(=O)c1ccc2c(c1)OCO2. The van der Waals surface area contributed by atoms with Gasteiger partial charge in [-0.25, -0.2) is 8.42 Å². The molecule has 1 aromatic heterocycles. The molecule has 2 N–H and O–H groups in total. The highest BCUT2D eigenvalue weighted by atomic mass is 32.2. The summed E-state index contributed by atoms with van der Waals surface area (Å²) in [5, 5.41) is 27.8. The first-order valence-corrected chi connectivity index (χ1v) is 18.5. The molecular formula is C36H44N3O11S-. The number of nitrogens with zero attached hydrogens (tertiary/aromatic N) is 2. The Kier molecular flexibility index (Phi) is 11.2. The van der Waals surface area contributed by atoms with E-state index in [4.69, 9.17) is 23.4 Å². The van der Waals surface area contributed by atoms with Crippen molar-refractivity contribution < 1.29 is 51.6 Å². The Labute approximate surface area is 297 Å². The smallest absolute Gasteiger partial charge is 0.286 e. The minimum Gasteiger partial charge on any atom is -0.530 e. The van der Waals surface area contributed by atoms with Gasteiger partial charge in [-0.15, -0.1) is 0 Å². The summed E-state index contributed by atoms with van der Waals surface area (Å²) in [6.45, 7) is 4.13. The van der Waals surface area contributed by atoms with Crippen molar-refractivity contribution in [2.45, 2.75) is 68.9 Å². The third-order valence-corrected chi connectivity index (χ3v) is 11.5. The van der Waals surface area contributed by atoms with Crippen LogP contribution in [0.4, 0.5) is 4.79 Å². The Balaban J connectivity index is 1.27. The molecule has 4 heterocycles. The summed E-state index contributed by atoms with van der Waals surface area (Å²) in [6, 6.07) is 14.9. The summed E-state index contributed by atoms with van der Waals surface area (Å²) in [6.07, 6.45) is -0.389. The number of hydrogen-bond donors (Lipinski definition) is 2. The van der Waals surface area contributed by atoms with Crippen LogP contribution in [0.25, 0.3) is 0 Å². The number of amides is 2. The van der Waals surface area contributed by atoms with Gasteiger partial charge in [0, 0.05) is 31.6 Å². The fourth-order valence-corrected chi connectivity index (χ4v) is 8.77. The molecule has 0 saturated carbocycles. The predicted molar refractivity (Wildman–Crippen MR) is 180 cm³/mol. The molecule has 2 fully saturated rings. The maximum Gasteiger partial charge on any atom is 0.286 e. The molecule has 0 bridgehead atoms. The van der Waals surface area contributed by atoms with Crippen molar-refractivity contribution in [3.05, 3.63) is 78.3 Å². The van der Waals surface area contributed by atoms with E-state index in [1.807, 2.05) is 44.2 Å². The fraction of sp³-hybridized carbons (Fsp3) is 0.500. The van der Waals surface area contributed by atoms with Gasteiger partial charge in [0.15, 0.2) is 23.5 Å². The van der Waals surface area contributed by atoms with Crippen LogP contribution in [0.5, 0.6) is 11.5 Å². The summed E-state index contributed by atoms with van der Waals surface area (Å²) in [4.78, 5) is 26.4. The Morgan fingerprint density at radius 2 is 1.84 bits per heavy atom. The molecule has 2 amide bonds. The van der Waals surface area contributed by atoms with Gasteiger partial charge in [-0.05, 0) is 60.9 Å². The van der Waals surface area contributed by atoms with Gasteiger partial charge in [-0.2, -0.15) is 4.31 Å². The lowest BCUT2D eigenvalue weighted by molar-refractivity contribution is -0.273. The lowest BCUT2D eigenvalue weighted by Crippen LogP contribution is -2.61. The minimum atomic E-state index is -4.28. The fourth-order valence-electron chi connectivity index (χ4n) is 7.11. The van der Waals surface area contributed by atoms with E-state index < -0.39 is 52.6 Å². The zero-order valence-electron chi connectivity index (χ0n) is 28.6. The van der Waals surface area contributed by atoms with Crippen molar-refractivity contribution in [2.24, 2.45) is 11.3 Å². The maximum atomic E-state index is 14.5. The summed E-state index contributed by atoms with van der Waals surface area (Å²) < 4.78 is 57.6. The van der Waals surface area contributed by atoms with Crippen LogP contribution in [0.3, 0.4) is 0 Å². The first-order valence-electron chi connectivity index (χ1n) is 17.1. The lowest BCUT2D eigenvalue weighted by Gasteiger charge is -2.43. The second kappa shape index (κ2) is 15.6. The predicted octanol–water partition coefficient (Wildman–Crippen LogP) is 2.61. The van der Waals surface area contributed by atoms with Crippen LogP contribution < -0.4 is 19.9 Å². The Hall–Kier alpha value is -4.15. The van der Waals surface area contributed by atoms with Crippen LogP contribution in [0.15, 0.2) is 76.2 Å². The van der Waals surface area contributed by atoms with E-state index in [-0.39, 0.29) is 54.6 Å². The van der Waals surface area contributed by atoms with E-state index in [1.54, 1.807) is 12.1 Å². The van der Waals surface area contributed by atoms with Gasteiger partial charge >= 0.3 is 0 Å². The number of aliphatic hydroxyl groups is 1. The van der Waals surface area contributed by atoms with E-state index >= 15 is 0 Å². The van der Waals surface area contributed by atoms with Crippen LogP contribution >= 0.6 is 0 Å². The van der Waals surface area contributed by atoms with E-state index in [0.29, 0.717) is 38.2 Å². The van der Waals surface area contributed by atoms with Crippen molar-refractivity contribution in [1.82, 2.24) is 14.5 Å². The first kappa shape index (κ1) is 36.6. The van der Waals surface area contributed by atoms with Gasteiger partial charge in [-0.1, -0.05) is 44.2 Å². The highest BCUT2D eigenvalue weighted by Crippen LogP contribution is 2.38. The molecule has 3 aromatic rings. The zero-order chi connectivity index (χ0) is 36.2. The molecule has 3 aliphatic heterocycles. The van der Waals surface area contributed by atoms with E-state index in [2.05, 4.69) is 5.32 Å². The average molecular weight is 727 g/mol. The molecule has 2 aromatic carbocycles. The monoisotopic (exact) mass is 726 g/mol. The van der Waals surface area contributed by atoms with Gasteiger partial charge in [0.2, 0.25) is 16.8 Å². The number of carbonyl (C=O) groups excluding carboxylic acids is 2. The molecule has 6 rings (SSSR count). The number of nitrogens with one attached hydrogen (secondary N) is 1. The van der Waals surface area contributed by atoms with Crippen molar-refractivity contribution in [1.29, 1.82) is 0 Å². The van der Waals surface area contributed by atoms with Crippen LogP contribution in [-0.2, 0) is 25.9 Å². The number of sulfonamides is 1. The number of aliphatic hydroxyl groups excluding tert-OH is 1. The molecule has 0 aliphatic carbocycles. The molecule has 0 unspecified atom stereocenters. The van der Waals surface area contributed by atoms with Gasteiger partial charge in [0.05, 0.1) is 42.6 Å². The number of benzene rings is 2. The molecular weight excluding hydrogens is 682 g/mol. The van der Waals surface area contributed by atoms with Crippen molar-refractivity contribution >= 4 is 22.0 Å². The van der Waals surface area contributed by atoms with E-state index in [1.165, 1.54) is 28.8 Å². The number of hydrogen-bond acceptors (Lipinski definition) is 11. The topological polar surface area (TPSA) is 180 Å². The Morgan fingerprint density at radius 3 is 2.59 bits per heavy atom. The maximum absolute atomic E-state index is 14.5. The Bertz CT molecular complexity index is 1750. The largest absolute Gasteiger partial charge is 0.530 e. The number of rotatable bonds is 16. The van der Waals surface area contributed by atoms with Gasteiger partial charge in [-0.3, -0.25) is 4.79 Å².